The van der Waals surface area contributed by atoms with Gasteiger partial charge in [-0.05, 0) is 60.9 Å². The topological polar surface area (TPSA) is 56.1 Å². The number of hydrogen-bond acceptors (Lipinski definition) is 4. The zero-order valence-corrected chi connectivity index (χ0v) is 18.8. The van der Waals surface area contributed by atoms with Crippen molar-refractivity contribution in [1.29, 1.82) is 0 Å². The van der Waals surface area contributed by atoms with Crippen LogP contribution in [0.25, 0.3) is 5.65 Å². The van der Waals surface area contributed by atoms with E-state index in [2.05, 4.69) is 4.98 Å². The smallest absolute Gasteiger partial charge is 0.254 e. The molecule has 6 nitrogen and oxygen atoms in total. The van der Waals surface area contributed by atoms with Crippen molar-refractivity contribution in [3.63, 3.8) is 0 Å². The SMILES string of the molecule is O=C(c1cccc(OCc2cn3ccccc3n2)c1)N(Cc1cccc(F)c1)CC1CCCO1. The van der Waals surface area contributed by atoms with Crippen LogP contribution in [0, 0.1) is 5.82 Å². The van der Waals surface area contributed by atoms with Gasteiger partial charge >= 0.3 is 0 Å². The standard InChI is InChI=1S/C27H26FN3O3/c28-22-8-3-6-20(14-22)16-31(18-25-10-5-13-33-25)27(32)21-7-4-9-24(15-21)34-19-23-17-30-12-2-1-11-26(30)29-23/h1-4,6-9,11-12,14-15,17,25H,5,10,13,16,18-19H2. The predicted octanol–water partition coefficient (Wildman–Crippen LogP) is 4.87. The summed E-state index contributed by atoms with van der Waals surface area (Å²) < 4.78 is 27.4. The van der Waals surface area contributed by atoms with Crippen molar-refractivity contribution >= 4 is 11.6 Å². The number of halogens is 1. The second kappa shape index (κ2) is 10.1. The monoisotopic (exact) mass is 459 g/mol. The van der Waals surface area contributed by atoms with Gasteiger partial charge in [-0.2, -0.15) is 0 Å². The van der Waals surface area contributed by atoms with Crippen molar-refractivity contribution in [2.45, 2.75) is 32.1 Å². The van der Waals surface area contributed by atoms with E-state index < -0.39 is 0 Å². The third-order valence-electron chi connectivity index (χ3n) is 5.88. The van der Waals surface area contributed by atoms with Crippen LogP contribution < -0.4 is 4.74 Å². The molecule has 0 aliphatic carbocycles. The number of rotatable bonds is 8. The Morgan fingerprint density at radius 3 is 2.88 bits per heavy atom. The van der Waals surface area contributed by atoms with E-state index in [4.69, 9.17) is 9.47 Å². The normalized spacial score (nSPS) is 15.5. The average molecular weight is 460 g/mol. The van der Waals surface area contributed by atoms with Crippen LogP contribution in [-0.4, -0.2) is 39.4 Å². The van der Waals surface area contributed by atoms with Crippen LogP contribution in [0.5, 0.6) is 5.75 Å². The Labute approximate surface area is 197 Å². The van der Waals surface area contributed by atoms with Gasteiger partial charge in [0.15, 0.2) is 0 Å². The van der Waals surface area contributed by atoms with Gasteiger partial charge in [0.1, 0.15) is 23.8 Å². The molecule has 0 radical (unpaired) electrons. The number of carbonyl (C=O) groups excluding carboxylic acids is 1. The lowest BCUT2D eigenvalue weighted by Crippen LogP contribution is -2.37. The lowest BCUT2D eigenvalue weighted by molar-refractivity contribution is 0.0506. The first-order valence-electron chi connectivity index (χ1n) is 11.4. The summed E-state index contributed by atoms with van der Waals surface area (Å²) in [5.74, 6) is 0.132. The van der Waals surface area contributed by atoms with Crippen molar-refractivity contribution in [2.75, 3.05) is 13.2 Å². The molecule has 0 saturated carbocycles. The molecule has 174 valence electrons. The number of imidazole rings is 1. The molecular formula is C27H26FN3O3. The quantitative estimate of drug-likeness (QED) is 0.377. The molecule has 0 N–H and O–H groups in total. The highest BCUT2D eigenvalue weighted by atomic mass is 19.1. The Morgan fingerprint density at radius 1 is 1.15 bits per heavy atom. The minimum Gasteiger partial charge on any atom is -0.487 e. The first-order valence-corrected chi connectivity index (χ1v) is 11.4. The number of ether oxygens (including phenoxy) is 2. The highest BCUT2D eigenvalue weighted by Crippen LogP contribution is 2.21. The van der Waals surface area contributed by atoms with Crippen molar-refractivity contribution in [3.8, 4) is 5.75 Å². The van der Waals surface area contributed by atoms with Crippen LogP contribution in [0.4, 0.5) is 4.39 Å². The second-order valence-electron chi connectivity index (χ2n) is 8.47. The van der Waals surface area contributed by atoms with Crippen molar-refractivity contribution in [2.24, 2.45) is 0 Å². The molecular weight excluding hydrogens is 433 g/mol. The van der Waals surface area contributed by atoms with E-state index in [9.17, 15) is 9.18 Å². The molecule has 1 aliphatic heterocycles. The fourth-order valence-corrected chi connectivity index (χ4v) is 4.22. The molecule has 1 atom stereocenters. The summed E-state index contributed by atoms with van der Waals surface area (Å²) in [6.45, 7) is 1.77. The molecule has 2 aromatic carbocycles. The Hall–Kier alpha value is -3.71. The zero-order valence-electron chi connectivity index (χ0n) is 18.8. The summed E-state index contributed by atoms with van der Waals surface area (Å²) in [6, 6.07) is 19.3. The number of benzene rings is 2. The van der Waals surface area contributed by atoms with Gasteiger partial charge in [0.2, 0.25) is 0 Å². The van der Waals surface area contributed by atoms with Gasteiger partial charge in [-0.15, -0.1) is 0 Å². The third-order valence-corrected chi connectivity index (χ3v) is 5.88. The number of hydrogen-bond donors (Lipinski definition) is 0. The number of fused-ring (bicyclic) bond motifs is 1. The summed E-state index contributed by atoms with van der Waals surface area (Å²) in [5.41, 5.74) is 2.91. The summed E-state index contributed by atoms with van der Waals surface area (Å²) in [4.78, 5) is 19.7. The van der Waals surface area contributed by atoms with E-state index in [1.165, 1.54) is 12.1 Å². The highest BCUT2D eigenvalue weighted by molar-refractivity contribution is 5.94. The van der Waals surface area contributed by atoms with Gasteiger partial charge < -0.3 is 18.8 Å². The molecule has 1 saturated heterocycles. The molecule has 4 aromatic rings. The van der Waals surface area contributed by atoms with Crippen LogP contribution >= 0.6 is 0 Å². The molecule has 0 spiro atoms. The van der Waals surface area contributed by atoms with E-state index in [0.717, 1.165) is 29.7 Å². The minimum absolute atomic E-state index is 0.00742. The van der Waals surface area contributed by atoms with Crippen molar-refractivity contribution in [3.05, 3.63) is 102 Å². The summed E-state index contributed by atoms with van der Waals surface area (Å²) in [5, 5.41) is 0. The first-order chi connectivity index (χ1) is 16.6. The molecule has 2 aromatic heterocycles. The molecule has 7 heteroatoms. The third kappa shape index (κ3) is 5.26. The fraction of sp³-hybridized carbons (Fsp3) is 0.259. The molecule has 5 rings (SSSR count). The number of nitrogens with zero attached hydrogens (tertiary/aromatic N) is 3. The number of aromatic nitrogens is 2. The Morgan fingerprint density at radius 2 is 2.06 bits per heavy atom. The summed E-state index contributed by atoms with van der Waals surface area (Å²) in [7, 11) is 0. The molecule has 1 unspecified atom stereocenters. The van der Waals surface area contributed by atoms with Gasteiger partial charge in [0.05, 0.1) is 11.8 Å². The second-order valence-corrected chi connectivity index (χ2v) is 8.47. The fourth-order valence-electron chi connectivity index (χ4n) is 4.22. The summed E-state index contributed by atoms with van der Waals surface area (Å²) in [6.07, 6.45) is 5.75. The van der Waals surface area contributed by atoms with E-state index in [-0.39, 0.29) is 17.8 Å². The van der Waals surface area contributed by atoms with Gasteiger partial charge in [-0.3, -0.25) is 4.79 Å². The summed E-state index contributed by atoms with van der Waals surface area (Å²) >= 11 is 0. The van der Waals surface area contributed by atoms with Crippen LogP contribution in [0.15, 0.2) is 79.1 Å². The molecule has 1 amide bonds. The first kappa shape index (κ1) is 22.1. The Bertz CT molecular complexity index is 1250. The van der Waals surface area contributed by atoms with E-state index in [0.29, 0.717) is 37.6 Å². The van der Waals surface area contributed by atoms with E-state index >= 15 is 0 Å². The lowest BCUT2D eigenvalue weighted by Gasteiger charge is -2.26. The molecule has 0 bridgehead atoms. The largest absolute Gasteiger partial charge is 0.487 e. The number of amides is 1. The van der Waals surface area contributed by atoms with E-state index in [1.807, 2.05) is 47.1 Å². The maximum atomic E-state index is 13.7. The Balaban J connectivity index is 1.31. The van der Waals surface area contributed by atoms with Crippen molar-refractivity contribution in [1.82, 2.24) is 14.3 Å². The van der Waals surface area contributed by atoms with Crippen LogP contribution in [0.1, 0.15) is 34.5 Å². The average Bonchev–Trinajstić information content (AvgIpc) is 3.51. The molecule has 1 fully saturated rings. The van der Waals surface area contributed by atoms with Crippen molar-refractivity contribution < 1.29 is 18.7 Å². The molecule has 34 heavy (non-hydrogen) atoms. The maximum absolute atomic E-state index is 13.7. The lowest BCUT2D eigenvalue weighted by atomic mass is 10.1. The van der Waals surface area contributed by atoms with Gasteiger partial charge in [-0.25, -0.2) is 9.37 Å². The van der Waals surface area contributed by atoms with Crippen LogP contribution in [0.3, 0.4) is 0 Å². The predicted molar refractivity (Wildman–Crippen MR) is 126 cm³/mol. The number of carbonyl (C=O) groups is 1. The Kier molecular flexibility index (Phi) is 6.53. The molecule has 1 aliphatic rings. The maximum Gasteiger partial charge on any atom is 0.254 e. The van der Waals surface area contributed by atoms with E-state index in [1.54, 1.807) is 29.2 Å². The molecule has 3 heterocycles. The zero-order chi connectivity index (χ0) is 23.3. The number of pyridine rings is 1. The van der Waals surface area contributed by atoms with Crippen LogP contribution in [0.2, 0.25) is 0 Å². The van der Waals surface area contributed by atoms with Gasteiger partial charge in [0, 0.05) is 37.7 Å². The highest BCUT2D eigenvalue weighted by Gasteiger charge is 2.24. The van der Waals surface area contributed by atoms with Gasteiger partial charge in [0.25, 0.3) is 5.91 Å². The van der Waals surface area contributed by atoms with Crippen LogP contribution in [-0.2, 0) is 17.9 Å². The van der Waals surface area contributed by atoms with Gasteiger partial charge in [-0.1, -0.05) is 24.3 Å². The minimum atomic E-state index is -0.315.